The Kier molecular flexibility index (Phi) is 6.00. The molecule has 164 valence electrons. The highest BCUT2D eigenvalue weighted by atomic mass is 19.4. The zero-order valence-electron chi connectivity index (χ0n) is 17.6. The van der Waals surface area contributed by atoms with E-state index in [4.69, 9.17) is 0 Å². The number of halogens is 3. The minimum atomic E-state index is -4.36. The van der Waals surface area contributed by atoms with Gasteiger partial charge in [0.25, 0.3) is 0 Å². The van der Waals surface area contributed by atoms with Crippen LogP contribution in [0.4, 0.5) is 30.6 Å². The standard InChI is InChI=1S/C23H26F3N5/c1-31(2)18-13-11-17(12-14-18)28-22-29-20-6-4-3-5-19(20)21(30-22)27-16-9-7-15(8-10-16)23(24,25)26/h3-10,17-18H,11-14H2,1-2H3,(H2,27,28,29,30). The third kappa shape index (κ3) is 5.07. The monoisotopic (exact) mass is 429 g/mol. The minimum Gasteiger partial charge on any atom is -0.351 e. The lowest BCUT2D eigenvalue weighted by atomic mass is 9.90. The quantitative estimate of drug-likeness (QED) is 0.547. The second-order valence-electron chi connectivity index (χ2n) is 8.23. The van der Waals surface area contributed by atoms with Gasteiger partial charge in [-0.1, -0.05) is 12.1 Å². The van der Waals surface area contributed by atoms with Crippen molar-refractivity contribution < 1.29 is 13.2 Å². The topological polar surface area (TPSA) is 53.1 Å². The van der Waals surface area contributed by atoms with Crippen LogP contribution in [0.1, 0.15) is 31.2 Å². The number of alkyl halides is 3. The van der Waals surface area contributed by atoms with Gasteiger partial charge in [-0.05, 0) is 76.2 Å². The number of para-hydroxylation sites is 1. The predicted octanol–water partition coefficient (Wildman–Crippen LogP) is 5.68. The lowest BCUT2D eigenvalue weighted by molar-refractivity contribution is -0.137. The molecule has 0 spiro atoms. The second kappa shape index (κ2) is 8.70. The summed E-state index contributed by atoms with van der Waals surface area (Å²) >= 11 is 0. The molecule has 1 fully saturated rings. The molecule has 0 unspecified atom stereocenters. The molecule has 1 aromatic heterocycles. The Balaban J connectivity index is 1.55. The SMILES string of the molecule is CN(C)C1CCC(Nc2nc(Nc3ccc(C(F)(F)F)cc3)c3ccccc3n2)CC1. The Labute approximate surface area is 179 Å². The molecule has 1 saturated carbocycles. The van der Waals surface area contributed by atoms with Crippen LogP contribution in [0.25, 0.3) is 10.9 Å². The third-order valence-corrected chi connectivity index (χ3v) is 5.84. The van der Waals surface area contributed by atoms with E-state index in [1.54, 1.807) is 0 Å². The summed E-state index contributed by atoms with van der Waals surface area (Å²) in [5, 5.41) is 7.43. The highest BCUT2D eigenvalue weighted by molar-refractivity contribution is 5.91. The first-order valence-electron chi connectivity index (χ1n) is 10.4. The van der Waals surface area contributed by atoms with Gasteiger partial charge in [0, 0.05) is 23.2 Å². The highest BCUT2D eigenvalue weighted by Gasteiger charge is 2.30. The molecule has 31 heavy (non-hydrogen) atoms. The number of rotatable bonds is 5. The van der Waals surface area contributed by atoms with Crippen LogP contribution in [0, 0.1) is 0 Å². The Morgan fingerprint density at radius 2 is 1.58 bits per heavy atom. The van der Waals surface area contributed by atoms with Gasteiger partial charge in [0.15, 0.2) is 0 Å². The van der Waals surface area contributed by atoms with Crippen LogP contribution in [0.2, 0.25) is 0 Å². The van der Waals surface area contributed by atoms with E-state index in [9.17, 15) is 13.2 Å². The van der Waals surface area contributed by atoms with Crippen molar-refractivity contribution in [2.75, 3.05) is 24.7 Å². The van der Waals surface area contributed by atoms with Crippen LogP contribution in [0.15, 0.2) is 48.5 Å². The van der Waals surface area contributed by atoms with Crippen LogP contribution < -0.4 is 10.6 Å². The Morgan fingerprint density at radius 1 is 0.903 bits per heavy atom. The van der Waals surface area contributed by atoms with Gasteiger partial charge in [0.1, 0.15) is 5.82 Å². The van der Waals surface area contributed by atoms with Crippen LogP contribution in [0.5, 0.6) is 0 Å². The molecule has 8 heteroatoms. The molecular formula is C23H26F3N5. The molecule has 0 radical (unpaired) electrons. The molecule has 0 saturated heterocycles. The number of benzene rings is 2. The number of nitrogens with one attached hydrogen (secondary N) is 2. The van der Waals surface area contributed by atoms with E-state index in [0.29, 0.717) is 29.5 Å². The lowest BCUT2D eigenvalue weighted by Gasteiger charge is -2.33. The highest BCUT2D eigenvalue weighted by Crippen LogP contribution is 2.31. The van der Waals surface area contributed by atoms with Crippen molar-refractivity contribution in [3.63, 3.8) is 0 Å². The van der Waals surface area contributed by atoms with Crippen LogP contribution in [-0.4, -0.2) is 41.0 Å². The van der Waals surface area contributed by atoms with Crippen molar-refractivity contribution in [3.05, 3.63) is 54.1 Å². The summed E-state index contributed by atoms with van der Waals surface area (Å²) in [4.78, 5) is 11.6. The minimum absolute atomic E-state index is 0.302. The summed E-state index contributed by atoms with van der Waals surface area (Å²) in [5.41, 5.74) is 0.631. The molecule has 1 aliphatic carbocycles. The fraction of sp³-hybridized carbons (Fsp3) is 0.391. The first-order valence-corrected chi connectivity index (χ1v) is 10.4. The number of fused-ring (bicyclic) bond motifs is 1. The van der Waals surface area contributed by atoms with E-state index in [2.05, 4.69) is 39.6 Å². The molecule has 4 rings (SSSR count). The van der Waals surface area contributed by atoms with Gasteiger partial charge in [0.2, 0.25) is 5.95 Å². The molecule has 2 N–H and O–H groups in total. The summed E-state index contributed by atoms with van der Waals surface area (Å²) < 4.78 is 38.5. The summed E-state index contributed by atoms with van der Waals surface area (Å²) in [6.45, 7) is 0. The van der Waals surface area contributed by atoms with E-state index < -0.39 is 11.7 Å². The van der Waals surface area contributed by atoms with E-state index in [1.165, 1.54) is 12.1 Å². The molecule has 3 aromatic rings. The maximum atomic E-state index is 12.8. The van der Waals surface area contributed by atoms with Crippen molar-refractivity contribution in [2.45, 2.75) is 43.9 Å². The number of hydrogen-bond acceptors (Lipinski definition) is 5. The molecule has 2 aromatic carbocycles. The lowest BCUT2D eigenvalue weighted by Crippen LogP contribution is -2.36. The van der Waals surface area contributed by atoms with Crippen molar-refractivity contribution in [1.29, 1.82) is 0 Å². The molecule has 5 nitrogen and oxygen atoms in total. The molecule has 1 heterocycles. The van der Waals surface area contributed by atoms with Gasteiger partial charge in [-0.25, -0.2) is 4.98 Å². The van der Waals surface area contributed by atoms with Crippen molar-refractivity contribution >= 4 is 28.4 Å². The zero-order chi connectivity index (χ0) is 22.0. The van der Waals surface area contributed by atoms with Gasteiger partial charge in [0.05, 0.1) is 11.1 Å². The number of anilines is 3. The van der Waals surface area contributed by atoms with Gasteiger partial charge >= 0.3 is 6.18 Å². The van der Waals surface area contributed by atoms with Crippen molar-refractivity contribution in [2.24, 2.45) is 0 Å². The smallest absolute Gasteiger partial charge is 0.351 e. The van der Waals surface area contributed by atoms with E-state index in [0.717, 1.165) is 48.7 Å². The first-order chi connectivity index (χ1) is 14.8. The molecular weight excluding hydrogens is 403 g/mol. The van der Waals surface area contributed by atoms with Gasteiger partial charge in [-0.3, -0.25) is 0 Å². The van der Waals surface area contributed by atoms with Crippen LogP contribution >= 0.6 is 0 Å². The molecule has 1 aliphatic rings. The van der Waals surface area contributed by atoms with Gasteiger partial charge in [-0.15, -0.1) is 0 Å². The van der Waals surface area contributed by atoms with E-state index in [1.807, 2.05) is 24.3 Å². The van der Waals surface area contributed by atoms with Crippen LogP contribution in [0.3, 0.4) is 0 Å². The Bertz CT molecular complexity index is 1030. The fourth-order valence-electron chi connectivity index (χ4n) is 4.03. The van der Waals surface area contributed by atoms with Gasteiger partial charge in [-0.2, -0.15) is 18.2 Å². The average Bonchev–Trinajstić information content (AvgIpc) is 2.74. The predicted molar refractivity (Wildman–Crippen MR) is 118 cm³/mol. The van der Waals surface area contributed by atoms with E-state index in [-0.39, 0.29) is 0 Å². The Hall–Kier alpha value is -2.87. The molecule has 0 aliphatic heterocycles. The zero-order valence-corrected chi connectivity index (χ0v) is 17.6. The molecule has 0 bridgehead atoms. The number of nitrogens with zero attached hydrogens (tertiary/aromatic N) is 3. The summed E-state index contributed by atoms with van der Waals surface area (Å²) in [6, 6.07) is 13.5. The van der Waals surface area contributed by atoms with Crippen molar-refractivity contribution in [1.82, 2.24) is 14.9 Å². The summed E-state index contributed by atoms with van der Waals surface area (Å²) in [7, 11) is 4.23. The molecule has 0 atom stereocenters. The van der Waals surface area contributed by atoms with E-state index >= 15 is 0 Å². The number of hydrogen-bond donors (Lipinski definition) is 2. The Morgan fingerprint density at radius 3 is 2.23 bits per heavy atom. The van der Waals surface area contributed by atoms with Gasteiger partial charge < -0.3 is 15.5 Å². The first kappa shape index (κ1) is 21.4. The fourth-order valence-corrected chi connectivity index (χ4v) is 4.03. The largest absolute Gasteiger partial charge is 0.416 e. The molecule has 0 amide bonds. The maximum absolute atomic E-state index is 12.8. The second-order valence-corrected chi connectivity index (χ2v) is 8.23. The third-order valence-electron chi connectivity index (χ3n) is 5.84. The normalized spacial score (nSPS) is 19.5. The summed E-state index contributed by atoms with van der Waals surface area (Å²) in [5.74, 6) is 1.09. The summed E-state index contributed by atoms with van der Waals surface area (Å²) in [6.07, 6.45) is -0.0337. The van der Waals surface area contributed by atoms with Crippen molar-refractivity contribution in [3.8, 4) is 0 Å². The number of aromatic nitrogens is 2. The average molecular weight is 429 g/mol. The maximum Gasteiger partial charge on any atom is 0.416 e. The van der Waals surface area contributed by atoms with Crippen LogP contribution in [-0.2, 0) is 6.18 Å².